The lowest BCUT2D eigenvalue weighted by Gasteiger charge is -2.16. The van der Waals surface area contributed by atoms with Crippen LogP contribution in [0.1, 0.15) is 25.0 Å². The number of rotatable bonds is 9. The summed E-state index contributed by atoms with van der Waals surface area (Å²) in [5.74, 6) is -1.03. The minimum atomic E-state index is -0.738. The molecule has 2 N–H and O–H groups in total. The summed E-state index contributed by atoms with van der Waals surface area (Å²) in [6.45, 7) is 6.97. The summed E-state index contributed by atoms with van der Waals surface area (Å²) >= 11 is 0. The molecule has 26 heavy (non-hydrogen) atoms. The quantitative estimate of drug-likeness (QED) is 0.666. The Labute approximate surface area is 153 Å². The fourth-order valence-corrected chi connectivity index (χ4v) is 2.26. The van der Waals surface area contributed by atoms with Crippen molar-refractivity contribution in [2.75, 3.05) is 13.7 Å². The summed E-state index contributed by atoms with van der Waals surface area (Å²) in [6.07, 6.45) is 4.37. The highest BCUT2D eigenvalue weighted by molar-refractivity contribution is 5.86. The normalized spacial score (nSPS) is 13.1. The maximum absolute atomic E-state index is 13.4. The van der Waals surface area contributed by atoms with Gasteiger partial charge in [0.25, 0.3) is 0 Å². The van der Waals surface area contributed by atoms with E-state index in [1.165, 1.54) is 20.1 Å². The first-order valence-corrected chi connectivity index (χ1v) is 8.20. The van der Waals surface area contributed by atoms with Crippen molar-refractivity contribution in [1.82, 2.24) is 10.6 Å². The van der Waals surface area contributed by atoms with Gasteiger partial charge in [-0.1, -0.05) is 36.9 Å². The SMILES string of the molecule is C=CC(F)=CC(=CC)c1ccc(CNC(=O)C(COC)NC(C)=O)cc1. The van der Waals surface area contributed by atoms with E-state index in [1.807, 2.05) is 37.3 Å². The summed E-state index contributed by atoms with van der Waals surface area (Å²) in [6, 6.07) is 6.66. The lowest BCUT2D eigenvalue weighted by Crippen LogP contribution is -2.48. The van der Waals surface area contributed by atoms with Crippen molar-refractivity contribution in [3.8, 4) is 0 Å². The molecule has 140 valence electrons. The van der Waals surface area contributed by atoms with E-state index in [9.17, 15) is 14.0 Å². The number of amides is 2. The molecular weight excluding hydrogens is 335 g/mol. The lowest BCUT2D eigenvalue weighted by molar-refractivity contribution is -0.129. The van der Waals surface area contributed by atoms with Crippen molar-refractivity contribution in [1.29, 1.82) is 0 Å². The predicted octanol–water partition coefficient (Wildman–Crippen LogP) is 2.90. The fourth-order valence-electron chi connectivity index (χ4n) is 2.26. The van der Waals surface area contributed by atoms with Crippen LogP contribution < -0.4 is 10.6 Å². The van der Waals surface area contributed by atoms with Gasteiger partial charge in [-0.2, -0.15) is 0 Å². The first kappa shape index (κ1) is 21.3. The predicted molar refractivity (Wildman–Crippen MR) is 101 cm³/mol. The molecule has 0 aliphatic heterocycles. The molecule has 0 saturated carbocycles. The second-order valence-electron chi connectivity index (χ2n) is 5.60. The molecule has 1 aromatic carbocycles. The van der Waals surface area contributed by atoms with E-state index in [2.05, 4.69) is 17.2 Å². The summed E-state index contributed by atoms with van der Waals surface area (Å²) in [7, 11) is 1.46. The van der Waals surface area contributed by atoms with Crippen molar-refractivity contribution in [3.63, 3.8) is 0 Å². The van der Waals surface area contributed by atoms with E-state index >= 15 is 0 Å². The number of nitrogens with one attached hydrogen (secondary N) is 2. The molecule has 1 rings (SSSR count). The number of methoxy groups -OCH3 is 1. The van der Waals surface area contributed by atoms with Crippen molar-refractivity contribution < 1.29 is 18.7 Å². The molecule has 0 saturated heterocycles. The molecule has 0 spiro atoms. The molecule has 0 bridgehead atoms. The number of benzene rings is 1. The topological polar surface area (TPSA) is 67.4 Å². The highest BCUT2D eigenvalue weighted by atomic mass is 19.1. The minimum Gasteiger partial charge on any atom is -0.382 e. The van der Waals surface area contributed by atoms with Crippen LogP contribution in [0.25, 0.3) is 5.57 Å². The largest absolute Gasteiger partial charge is 0.382 e. The van der Waals surface area contributed by atoms with E-state index in [-0.39, 0.29) is 18.4 Å². The number of ether oxygens (including phenoxy) is 1. The van der Waals surface area contributed by atoms with Gasteiger partial charge in [0.15, 0.2) is 0 Å². The standard InChI is InChI=1S/C20H25FN2O3/c1-5-16(11-18(21)6-2)17-9-7-15(8-10-17)12-22-20(25)19(13-26-4)23-14(3)24/h5-11,19H,2,12-13H2,1,3-4H3,(H,22,25)(H,23,24). The Bertz CT molecular complexity index is 694. The average Bonchev–Trinajstić information content (AvgIpc) is 2.63. The van der Waals surface area contributed by atoms with Crippen LogP contribution in [0.3, 0.4) is 0 Å². The van der Waals surface area contributed by atoms with Crippen LogP contribution >= 0.6 is 0 Å². The van der Waals surface area contributed by atoms with Gasteiger partial charge in [-0.3, -0.25) is 9.59 Å². The molecule has 1 aromatic rings. The maximum atomic E-state index is 13.4. The Morgan fingerprint density at radius 1 is 1.31 bits per heavy atom. The number of hydrogen-bond donors (Lipinski definition) is 2. The second-order valence-corrected chi connectivity index (χ2v) is 5.60. The zero-order chi connectivity index (χ0) is 19.5. The van der Waals surface area contributed by atoms with Crippen molar-refractivity contribution >= 4 is 17.4 Å². The summed E-state index contributed by atoms with van der Waals surface area (Å²) in [5.41, 5.74) is 2.48. The van der Waals surface area contributed by atoms with Gasteiger partial charge in [-0.05, 0) is 35.8 Å². The number of halogens is 1. The second kappa shape index (κ2) is 11.0. The highest BCUT2D eigenvalue weighted by Crippen LogP contribution is 2.19. The van der Waals surface area contributed by atoms with Gasteiger partial charge in [0.1, 0.15) is 11.9 Å². The number of hydrogen-bond acceptors (Lipinski definition) is 3. The van der Waals surface area contributed by atoms with Crippen molar-refractivity contribution in [2.45, 2.75) is 26.4 Å². The highest BCUT2D eigenvalue weighted by Gasteiger charge is 2.18. The molecule has 0 radical (unpaired) electrons. The third kappa shape index (κ3) is 7.03. The summed E-state index contributed by atoms with van der Waals surface area (Å²) in [5, 5.41) is 5.30. The molecule has 0 heterocycles. The molecule has 0 aliphatic carbocycles. The van der Waals surface area contributed by atoms with Crippen molar-refractivity contribution in [2.24, 2.45) is 0 Å². The molecule has 0 fully saturated rings. The Kier molecular flexibility index (Phi) is 9.01. The third-order valence-corrected chi connectivity index (χ3v) is 3.58. The van der Waals surface area contributed by atoms with Gasteiger partial charge in [-0.25, -0.2) is 4.39 Å². The molecule has 2 amide bonds. The number of carbonyl (C=O) groups excluding carboxylic acids is 2. The molecule has 0 aliphatic rings. The Morgan fingerprint density at radius 2 is 1.96 bits per heavy atom. The van der Waals surface area contributed by atoms with Gasteiger partial charge in [0, 0.05) is 20.6 Å². The van der Waals surface area contributed by atoms with Gasteiger partial charge in [0.2, 0.25) is 11.8 Å². The van der Waals surface area contributed by atoms with Crippen LogP contribution in [0.2, 0.25) is 0 Å². The van der Waals surface area contributed by atoms with Crippen LogP contribution in [0.15, 0.2) is 54.9 Å². The summed E-state index contributed by atoms with van der Waals surface area (Å²) < 4.78 is 18.3. The van der Waals surface area contributed by atoms with Crippen molar-refractivity contribution in [3.05, 3.63) is 66.0 Å². The van der Waals surface area contributed by atoms with Crippen LogP contribution in [0, 0.1) is 0 Å². The Hall–Kier alpha value is -2.73. The van der Waals surface area contributed by atoms with Gasteiger partial charge in [0.05, 0.1) is 6.61 Å². The van der Waals surface area contributed by atoms with Crippen LogP contribution in [-0.2, 0) is 20.9 Å². The Morgan fingerprint density at radius 3 is 2.46 bits per heavy atom. The Balaban J connectivity index is 2.73. The van der Waals surface area contributed by atoms with Crippen LogP contribution in [0.4, 0.5) is 4.39 Å². The summed E-state index contributed by atoms with van der Waals surface area (Å²) in [4.78, 5) is 23.3. The third-order valence-electron chi connectivity index (χ3n) is 3.58. The fraction of sp³-hybridized carbons (Fsp3) is 0.300. The van der Waals surface area contributed by atoms with E-state index in [1.54, 1.807) is 0 Å². The van der Waals surface area contributed by atoms with Gasteiger partial charge < -0.3 is 15.4 Å². The average molecular weight is 360 g/mol. The molecule has 1 atom stereocenters. The molecule has 6 heteroatoms. The van der Waals surface area contributed by atoms with Gasteiger partial charge in [-0.15, -0.1) is 0 Å². The van der Waals surface area contributed by atoms with E-state index in [0.29, 0.717) is 6.54 Å². The minimum absolute atomic E-state index is 0.0935. The monoisotopic (exact) mass is 360 g/mol. The molecule has 0 aromatic heterocycles. The van der Waals surface area contributed by atoms with Crippen LogP contribution in [0.5, 0.6) is 0 Å². The first-order chi connectivity index (χ1) is 12.4. The molecule has 5 nitrogen and oxygen atoms in total. The lowest BCUT2D eigenvalue weighted by atomic mass is 10.0. The zero-order valence-corrected chi connectivity index (χ0v) is 15.3. The maximum Gasteiger partial charge on any atom is 0.245 e. The molecular formula is C20H25FN2O3. The molecule has 1 unspecified atom stereocenters. The van der Waals surface area contributed by atoms with E-state index < -0.39 is 11.9 Å². The number of allylic oxidation sites excluding steroid dienone is 5. The number of carbonyl (C=O) groups is 2. The van der Waals surface area contributed by atoms with Crippen LogP contribution in [-0.4, -0.2) is 31.6 Å². The first-order valence-electron chi connectivity index (χ1n) is 8.20. The van der Waals surface area contributed by atoms with E-state index in [4.69, 9.17) is 4.74 Å². The zero-order valence-electron chi connectivity index (χ0n) is 15.3. The van der Waals surface area contributed by atoms with E-state index in [0.717, 1.165) is 22.8 Å². The smallest absolute Gasteiger partial charge is 0.245 e. The van der Waals surface area contributed by atoms with Gasteiger partial charge >= 0.3 is 0 Å².